The van der Waals surface area contributed by atoms with Gasteiger partial charge in [-0.3, -0.25) is 0 Å². The number of benzene rings is 1. The van der Waals surface area contributed by atoms with Crippen LogP contribution in [0.2, 0.25) is 0 Å². The van der Waals surface area contributed by atoms with Crippen LogP contribution in [-0.4, -0.2) is 6.54 Å². The van der Waals surface area contributed by atoms with Crippen LogP contribution in [0.25, 0.3) is 0 Å². The molecule has 1 heteroatoms. The summed E-state index contributed by atoms with van der Waals surface area (Å²) in [5.41, 5.74) is 9.91. The van der Waals surface area contributed by atoms with Crippen molar-refractivity contribution in [1.82, 2.24) is 0 Å². The van der Waals surface area contributed by atoms with E-state index in [0.717, 1.165) is 18.9 Å². The summed E-state index contributed by atoms with van der Waals surface area (Å²) in [6.07, 6.45) is 3.78. The van der Waals surface area contributed by atoms with E-state index >= 15 is 0 Å². The number of hydrogen-bond donors (Lipinski definition) is 1. The molecule has 1 saturated carbocycles. The molecule has 1 aromatic carbocycles. The third-order valence-corrected chi connectivity index (χ3v) is 2.84. The maximum Gasteiger partial charge on any atom is -0.00366 e. The van der Waals surface area contributed by atoms with Gasteiger partial charge in [-0.05, 0) is 55.3 Å². The van der Waals surface area contributed by atoms with Crippen LogP contribution in [0.3, 0.4) is 0 Å². The third-order valence-electron chi connectivity index (χ3n) is 2.84. The molecular weight excluding hydrogens is 158 g/mol. The van der Waals surface area contributed by atoms with Crippen molar-refractivity contribution in [2.45, 2.75) is 32.1 Å². The smallest absolute Gasteiger partial charge is 0.00366 e. The van der Waals surface area contributed by atoms with Gasteiger partial charge in [-0.25, -0.2) is 0 Å². The topological polar surface area (TPSA) is 26.0 Å². The van der Waals surface area contributed by atoms with Crippen molar-refractivity contribution in [3.63, 3.8) is 0 Å². The SMILES string of the molecule is Cc1ccc(C2CC2)cc1CCN. The van der Waals surface area contributed by atoms with Gasteiger partial charge >= 0.3 is 0 Å². The van der Waals surface area contributed by atoms with Crippen molar-refractivity contribution in [1.29, 1.82) is 0 Å². The number of aryl methyl sites for hydroxylation is 1. The monoisotopic (exact) mass is 175 g/mol. The highest BCUT2D eigenvalue weighted by molar-refractivity contribution is 5.34. The Kier molecular flexibility index (Phi) is 2.36. The van der Waals surface area contributed by atoms with Crippen LogP contribution in [0, 0.1) is 6.92 Å². The minimum atomic E-state index is 0.759. The average molecular weight is 175 g/mol. The van der Waals surface area contributed by atoms with E-state index in [2.05, 4.69) is 25.1 Å². The van der Waals surface area contributed by atoms with E-state index in [-0.39, 0.29) is 0 Å². The van der Waals surface area contributed by atoms with Gasteiger partial charge in [-0.15, -0.1) is 0 Å². The quantitative estimate of drug-likeness (QED) is 0.750. The predicted octanol–water partition coefficient (Wildman–Crippen LogP) is 2.37. The van der Waals surface area contributed by atoms with E-state index < -0.39 is 0 Å². The van der Waals surface area contributed by atoms with Crippen LogP contribution in [0.4, 0.5) is 0 Å². The Hall–Kier alpha value is -0.820. The minimum Gasteiger partial charge on any atom is -0.330 e. The van der Waals surface area contributed by atoms with Gasteiger partial charge in [0.05, 0.1) is 0 Å². The van der Waals surface area contributed by atoms with E-state index in [4.69, 9.17) is 5.73 Å². The fourth-order valence-corrected chi connectivity index (χ4v) is 1.79. The first-order chi connectivity index (χ1) is 6.31. The Labute approximate surface area is 80.0 Å². The third kappa shape index (κ3) is 1.92. The second kappa shape index (κ2) is 3.51. The zero-order valence-corrected chi connectivity index (χ0v) is 8.22. The summed E-state index contributed by atoms with van der Waals surface area (Å²) in [6, 6.07) is 6.85. The van der Waals surface area contributed by atoms with Crippen LogP contribution in [0.1, 0.15) is 35.4 Å². The van der Waals surface area contributed by atoms with Crippen LogP contribution < -0.4 is 5.73 Å². The van der Waals surface area contributed by atoms with Gasteiger partial charge in [0.2, 0.25) is 0 Å². The maximum atomic E-state index is 5.57. The van der Waals surface area contributed by atoms with E-state index in [1.54, 1.807) is 0 Å². The van der Waals surface area contributed by atoms with E-state index in [1.807, 2.05) is 0 Å². The molecule has 0 bridgehead atoms. The van der Waals surface area contributed by atoms with Gasteiger partial charge in [0.1, 0.15) is 0 Å². The molecule has 1 aliphatic carbocycles. The zero-order chi connectivity index (χ0) is 9.26. The van der Waals surface area contributed by atoms with E-state index in [9.17, 15) is 0 Å². The highest BCUT2D eigenvalue weighted by Gasteiger charge is 2.23. The molecule has 1 aromatic rings. The molecule has 0 aliphatic heterocycles. The summed E-state index contributed by atoms with van der Waals surface area (Å²) in [6.45, 7) is 2.93. The van der Waals surface area contributed by atoms with Gasteiger partial charge in [-0.1, -0.05) is 18.2 Å². The van der Waals surface area contributed by atoms with Gasteiger partial charge in [0.25, 0.3) is 0 Å². The second-order valence-electron chi connectivity index (χ2n) is 4.00. The van der Waals surface area contributed by atoms with Crippen molar-refractivity contribution in [3.8, 4) is 0 Å². The Bertz CT molecular complexity index is 300. The lowest BCUT2D eigenvalue weighted by atomic mass is 10.0. The summed E-state index contributed by atoms with van der Waals surface area (Å²) in [5, 5.41) is 0. The minimum absolute atomic E-state index is 0.759. The molecule has 1 aliphatic rings. The van der Waals surface area contributed by atoms with Crippen LogP contribution >= 0.6 is 0 Å². The number of rotatable bonds is 3. The fourth-order valence-electron chi connectivity index (χ4n) is 1.79. The van der Waals surface area contributed by atoms with Gasteiger partial charge in [-0.2, -0.15) is 0 Å². The first-order valence-corrected chi connectivity index (χ1v) is 5.11. The Morgan fingerprint density at radius 3 is 2.77 bits per heavy atom. The summed E-state index contributed by atoms with van der Waals surface area (Å²) in [4.78, 5) is 0. The van der Waals surface area contributed by atoms with Crippen LogP contribution in [-0.2, 0) is 6.42 Å². The van der Waals surface area contributed by atoms with Gasteiger partial charge in [0, 0.05) is 0 Å². The number of nitrogens with two attached hydrogens (primary N) is 1. The normalized spacial score (nSPS) is 16.2. The van der Waals surface area contributed by atoms with Crippen molar-refractivity contribution < 1.29 is 0 Å². The summed E-state index contributed by atoms with van der Waals surface area (Å²) in [7, 11) is 0. The first kappa shape index (κ1) is 8.76. The molecule has 0 aromatic heterocycles. The Balaban J connectivity index is 2.25. The standard InChI is InChI=1S/C12H17N/c1-9-2-3-12(10-4-5-10)8-11(9)6-7-13/h2-3,8,10H,4-7,13H2,1H3. The van der Waals surface area contributed by atoms with E-state index in [1.165, 1.54) is 29.5 Å². The molecule has 2 rings (SSSR count). The molecule has 0 amide bonds. The molecule has 2 N–H and O–H groups in total. The summed E-state index contributed by atoms with van der Waals surface area (Å²) < 4.78 is 0. The molecular formula is C12H17N. The molecule has 0 spiro atoms. The Morgan fingerprint density at radius 2 is 2.15 bits per heavy atom. The van der Waals surface area contributed by atoms with Crippen molar-refractivity contribution in [2.75, 3.05) is 6.54 Å². The second-order valence-corrected chi connectivity index (χ2v) is 4.00. The molecule has 0 atom stereocenters. The summed E-state index contributed by atoms with van der Waals surface area (Å²) >= 11 is 0. The zero-order valence-electron chi connectivity index (χ0n) is 8.22. The molecule has 13 heavy (non-hydrogen) atoms. The number of hydrogen-bond acceptors (Lipinski definition) is 1. The molecule has 1 nitrogen and oxygen atoms in total. The van der Waals surface area contributed by atoms with Crippen LogP contribution in [0.5, 0.6) is 0 Å². The van der Waals surface area contributed by atoms with Crippen molar-refractivity contribution in [2.24, 2.45) is 5.73 Å². The predicted molar refractivity (Wildman–Crippen MR) is 55.9 cm³/mol. The Morgan fingerprint density at radius 1 is 1.38 bits per heavy atom. The maximum absolute atomic E-state index is 5.57. The largest absolute Gasteiger partial charge is 0.330 e. The molecule has 70 valence electrons. The average Bonchev–Trinajstić information content (AvgIpc) is 2.92. The van der Waals surface area contributed by atoms with Crippen molar-refractivity contribution >= 4 is 0 Å². The molecule has 0 unspecified atom stereocenters. The highest BCUT2D eigenvalue weighted by atomic mass is 14.5. The molecule has 0 saturated heterocycles. The molecule has 0 heterocycles. The van der Waals surface area contributed by atoms with Crippen LogP contribution in [0.15, 0.2) is 18.2 Å². The fraction of sp³-hybridized carbons (Fsp3) is 0.500. The summed E-state index contributed by atoms with van der Waals surface area (Å²) in [5.74, 6) is 0.858. The van der Waals surface area contributed by atoms with Gasteiger partial charge < -0.3 is 5.73 Å². The van der Waals surface area contributed by atoms with Gasteiger partial charge in [0.15, 0.2) is 0 Å². The van der Waals surface area contributed by atoms with Crippen molar-refractivity contribution in [3.05, 3.63) is 34.9 Å². The lowest BCUT2D eigenvalue weighted by Crippen LogP contribution is -2.04. The highest BCUT2D eigenvalue weighted by Crippen LogP contribution is 2.40. The lowest BCUT2D eigenvalue weighted by Gasteiger charge is -2.06. The first-order valence-electron chi connectivity index (χ1n) is 5.11. The lowest BCUT2D eigenvalue weighted by molar-refractivity contribution is 0.949. The molecule has 1 fully saturated rings. The van der Waals surface area contributed by atoms with E-state index in [0.29, 0.717) is 0 Å². The molecule has 0 radical (unpaired) electrons.